The van der Waals surface area contributed by atoms with Crippen LogP contribution in [-0.2, 0) is 4.74 Å². The molecule has 0 radical (unpaired) electrons. The minimum atomic E-state index is -0.318. The smallest absolute Gasteiger partial charge is 0.255 e. The van der Waals surface area contributed by atoms with Crippen molar-refractivity contribution in [3.8, 4) is 11.5 Å². The lowest BCUT2D eigenvalue weighted by molar-refractivity contribution is 0.0938. The second-order valence-corrected chi connectivity index (χ2v) is 6.09. The summed E-state index contributed by atoms with van der Waals surface area (Å²) < 4.78 is 15.5. The van der Waals surface area contributed by atoms with Gasteiger partial charge in [0.1, 0.15) is 5.65 Å². The number of hydrogen-bond acceptors (Lipinski definition) is 6. The number of nitrogens with one attached hydrogen (secondary N) is 3. The summed E-state index contributed by atoms with van der Waals surface area (Å²) in [5, 5.41) is 6.16. The average molecular weight is 382 g/mol. The molecule has 3 aromatic rings. The summed E-state index contributed by atoms with van der Waals surface area (Å²) >= 11 is 0. The quantitative estimate of drug-likeness (QED) is 0.561. The van der Waals surface area contributed by atoms with E-state index in [4.69, 9.17) is 14.2 Å². The highest BCUT2D eigenvalue weighted by Gasteiger charge is 2.17. The van der Waals surface area contributed by atoms with Gasteiger partial charge in [-0.2, -0.15) is 0 Å². The fraction of sp³-hybridized carbons (Fsp3) is 0.211. The number of benzene rings is 1. The SMILES string of the molecule is COCCNC(=O)c1c[nH]c2ncc(NC(=O)c3ccc4c(c3)OCO4)cc12. The maximum Gasteiger partial charge on any atom is 0.255 e. The molecule has 0 unspecified atom stereocenters. The van der Waals surface area contributed by atoms with E-state index in [1.165, 1.54) is 6.20 Å². The summed E-state index contributed by atoms with van der Waals surface area (Å²) in [6.45, 7) is 0.961. The van der Waals surface area contributed by atoms with Crippen molar-refractivity contribution in [2.45, 2.75) is 0 Å². The Morgan fingerprint density at radius 2 is 2.07 bits per heavy atom. The predicted octanol–water partition coefficient (Wildman–Crippen LogP) is 1.92. The van der Waals surface area contributed by atoms with Crippen LogP contribution in [0.1, 0.15) is 20.7 Å². The van der Waals surface area contributed by atoms with Crippen LogP contribution in [0.5, 0.6) is 11.5 Å². The van der Waals surface area contributed by atoms with Gasteiger partial charge in [0.25, 0.3) is 11.8 Å². The molecule has 0 fully saturated rings. The molecule has 0 bridgehead atoms. The zero-order chi connectivity index (χ0) is 19.5. The van der Waals surface area contributed by atoms with Gasteiger partial charge in [-0.3, -0.25) is 9.59 Å². The van der Waals surface area contributed by atoms with Gasteiger partial charge in [-0.25, -0.2) is 4.98 Å². The van der Waals surface area contributed by atoms with Crippen molar-refractivity contribution in [1.82, 2.24) is 15.3 Å². The Morgan fingerprint density at radius 3 is 2.93 bits per heavy atom. The lowest BCUT2D eigenvalue weighted by atomic mass is 10.1. The molecule has 9 nitrogen and oxygen atoms in total. The van der Waals surface area contributed by atoms with Crippen LogP contribution >= 0.6 is 0 Å². The first-order valence-corrected chi connectivity index (χ1v) is 8.61. The number of nitrogens with zero attached hydrogens (tertiary/aromatic N) is 1. The number of H-pyrrole nitrogens is 1. The lowest BCUT2D eigenvalue weighted by Gasteiger charge is -2.07. The minimum Gasteiger partial charge on any atom is -0.454 e. The number of aromatic nitrogens is 2. The Bertz CT molecular complexity index is 1050. The number of methoxy groups -OCH3 is 1. The summed E-state index contributed by atoms with van der Waals surface area (Å²) in [6.07, 6.45) is 3.11. The Hall–Kier alpha value is -3.59. The van der Waals surface area contributed by atoms with Gasteiger partial charge in [-0.05, 0) is 24.3 Å². The predicted molar refractivity (Wildman–Crippen MR) is 101 cm³/mol. The van der Waals surface area contributed by atoms with Crippen molar-refractivity contribution in [3.05, 3.63) is 47.8 Å². The fourth-order valence-corrected chi connectivity index (χ4v) is 2.86. The second-order valence-electron chi connectivity index (χ2n) is 6.09. The lowest BCUT2D eigenvalue weighted by Crippen LogP contribution is -2.26. The number of aromatic amines is 1. The van der Waals surface area contributed by atoms with Crippen molar-refractivity contribution in [3.63, 3.8) is 0 Å². The van der Waals surface area contributed by atoms with E-state index in [1.807, 2.05) is 0 Å². The van der Waals surface area contributed by atoms with E-state index >= 15 is 0 Å². The van der Waals surface area contributed by atoms with E-state index in [2.05, 4.69) is 20.6 Å². The van der Waals surface area contributed by atoms with E-state index in [0.717, 1.165) is 0 Å². The normalized spacial score (nSPS) is 12.2. The number of carbonyl (C=O) groups excluding carboxylic acids is 2. The molecule has 1 aromatic carbocycles. The summed E-state index contributed by atoms with van der Waals surface area (Å²) in [5.41, 5.74) is 1.90. The molecule has 0 spiro atoms. The van der Waals surface area contributed by atoms with E-state index in [1.54, 1.807) is 37.6 Å². The van der Waals surface area contributed by atoms with E-state index < -0.39 is 0 Å². The summed E-state index contributed by atoms with van der Waals surface area (Å²) in [4.78, 5) is 32.1. The van der Waals surface area contributed by atoms with Crippen LogP contribution in [0.4, 0.5) is 5.69 Å². The average Bonchev–Trinajstić information content (AvgIpc) is 3.34. The highest BCUT2D eigenvalue weighted by atomic mass is 16.7. The molecule has 144 valence electrons. The number of ether oxygens (including phenoxy) is 3. The fourth-order valence-electron chi connectivity index (χ4n) is 2.86. The zero-order valence-corrected chi connectivity index (χ0v) is 15.1. The number of pyridine rings is 1. The highest BCUT2D eigenvalue weighted by molar-refractivity contribution is 6.08. The first-order valence-electron chi connectivity index (χ1n) is 8.61. The second kappa shape index (κ2) is 7.57. The Kier molecular flexibility index (Phi) is 4.81. The molecule has 3 heterocycles. The first-order chi connectivity index (χ1) is 13.7. The third-order valence-electron chi connectivity index (χ3n) is 4.26. The molecule has 1 aliphatic heterocycles. The largest absolute Gasteiger partial charge is 0.454 e. The van der Waals surface area contributed by atoms with Crippen LogP contribution in [0.25, 0.3) is 11.0 Å². The zero-order valence-electron chi connectivity index (χ0n) is 15.1. The van der Waals surface area contributed by atoms with Crippen LogP contribution in [-0.4, -0.2) is 48.8 Å². The number of carbonyl (C=O) groups is 2. The third-order valence-corrected chi connectivity index (χ3v) is 4.26. The van der Waals surface area contributed by atoms with E-state index in [0.29, 0.717) is 52.5 Å². The molecule has 9 heteroatoms. The van der Waals surface area contributed by atoms with Crippen LogP contribution in [0.15, 0.2) is 36.7 Å². The van der Waals surface area contributed by atoms with Crippen LogP contribution < -0.4 is 20.1 Å². The molecule has 1 aliphatic rings. The highest BCUT2D eigenvalue weighted by Crippen LogP contribution is 2.32. The van der Waals surface area contributed by atoms with Gasteiger partial charge < -0.3 is 29.8 Å². The van der Waals surface area contributed by atoms with Crippen LogP contribution in [0.2, 0.25) is 0 Å². The van der Waals surface area contributed by atoms with Crippen LogP contribution in [0, 0.1) is 0 Å². The molecular weight excluding hydrogens is 364 g/mol. The Labute approximate surface area is 160 Å². The molecule has 2 amide bonds. The van der Waals surface area contributed by atoms with E-state index in [9.17, 15) is 9.59 Å². The monoisotopic (exact) mass is 382 g/mol. The van der Waals surface area contributed by atoms with E-state index in [-0.39, 0.29) is 18.6 Å². The molecule has 0 saturated carbocycles. The van der Waals surface area contributed by atoms with Gasteiger partial charge in [0.05, 0.1) is 24.1 Å². The molecule has 0 aliphatic carbocycles. The Balaban J connectivity index is 1.53. The van der Waals surface area contributed by atoms with Crippen LogP contribution in [0.3, 0.4) is 0 Å². The molecule has 3 N–H and O–H groups in total. The Morgan fingerprint density at radius 1 is 1.21 bits per heavy atom. The van der Waals surface area contributed by atoms with Crippen molar-refractivity contribution in [1.29, 1.82) is 0 Å². The van der Waals surface area contributed by atoms with Gasteiger partial charge in [-0.15, -0.1) is 0 Å². The minimum absolute atomic E-state index is 0.143. The van der Waals surface area contributed by atoms with Crippen molar-refractivity contribution >= 4 is 28.5 Å². The third kappa shape index (κ3) is 3.47. The number of fused-ring (bicyclic) bond motifs is 2. The van der Waals surface area contributed by atoms with Gasteiger partial charge in [-0.1, -0.05) is 0 Å². The molecular formula is C19H18N4O5. The molecule has 28 heavy (non-hydrogen) atoms. The number of hydrogen-bond donors (Lipinski definition) is 3. The summed E-state index contributed by atoms with van der Waals surface area (Å²) in [5.74, 6) is 0.573. The van der Waals surface area contributed by atoms with Gasteiger partial charge in [0.2, 0.25) is 6.79 Å². The first kappa shape index (κ1) is 17.8. The molecule has 0 atom stereocenters. The maximum atomic E-state index is 12.5. The van der Waals surface area contributed by atoms with Gasteiger partial charge in [0.15, 0.2) is 11.5 Å². The number of anilines is 1. The maximum absolute atomic E-state index is 12.5. The van der Waals surface area contributed by atoms with Crippen molar-refractivity contribution in [2.75, 3.05) is 32.4 Å². The molecule has 2 aromatic heterocycles. The van der Waals surface area contributed by atoms with Crippen molar-refractivity contribution < 1.29 is 23.8 Å². The number of amides is 2. The van der Waals surface area contributed by atoms with Gasteiger partial charge >= 0.3 is 0 Å². The summed E-state index contributed by atoms with van der Waals surface area (Å²) in [6, 6.07) is 6.66. The van der Waals surface area contributed by atoms with Gasteiger partial charge in [0, 0.05) is 30.8 Å². The topological polar surface area (TPSA) is 115 Å². The standard InChI is InChI=1S/C19H18N4O5/c1-26-5-4-20-19(25)14-9-22-17-13(14)7-12(8-21-17)23-18(24)11-2-3-15-16(6-11)28-10-27-15/h2-3,6-9H,4-5,10H2,1H3,(H,20,25)(H,21,22)(H,23,24). The molecule has 0 saturated heterocycles. The summed E-state index contributed by atoms with van der Waals surface area (Å²) in [7, 11) is 1.57. The van der Waals surface area contributed by atoms with Crippen molar-refractivity contribution in [2.24, 2.45) is 0 Å². The molecule has 4 rings (SSSR count). The number of rotatable bonds is 6.